The second kappa shape index (κ2) is 11.3. The van der Waals surface area contributed by atoms with Crippen molar-refractivity contribution in [2.24, 2.45) is 5.41 Å². The van der Waals surface area contributed by atoms with Crippen LogP contribution in [0, 0.1) is 17.0 Å². The number of aliphatic hydroxyl groups excluding tert-OH is 2. The van der Waals surface area contributed by atoms with Crippen molar-refractivity contribution >= 4 is 40.7 Å². The van der Waals surface area contributed by atoms with Crippen molar-refractivity contribution in [2.45, 2.75) is 69.6 Å². The predicted octanol–water partition coefficient (Wildman–Crippen LogP) is 4.27. The average molecular weight is 584 g/mol. The van der Waals surface area contributed by atoms with Crippen LogP contribution < -0.4 is 16.0 Å². The highest BCUT2D eigenvalue weighted by Gasteiger charge is 2.66. The molecule has 2 heterocycles. The van der Waals surface area contributed by atoms with E-state index in [1.54, 1.807) is 6.07 Å². The number of aliphatic hydroxyl groups is 2. The minimum atomic E-state index is -1.57. The van der Waals surface area contributed by atoms with Crippen LogP contribution in [0.2, 0.25) is 10.0 Å². The molecule has 0 bridgehead atoms. The third-order valence-electron chi connectivity index (χ3n) is 7.54. The van der Waals surface area contributed by atoms with Crippen LogP contribution in [0.5, 0.6) is 0 Å². The zero-order valence-electron chi connectivity index (χ0n) is 22.0. The molecule has 212 valence electrons. The lowest BCUT2D eigenvalue weighted by molar-refractivity contribution is -0.124. The Labute approximate surface area is 236 Å². The number of carbonyl (C=O) groups is 2. The summed E-state index contributed by atoms with van der Waals surface area (Å²) >= 11 is 12.2. The smallest absolute Gasteiger partial charge is 0.237 e. The summed E-state index contributed by atoms with van der Waals surface area (Å²) in [5, 5.41) is 27.5. The molecule has 0 radical (unpaired) electrons. The molecule has 2 aliphatic heterocycles. The van der Waals surface area contributed by atoms with Crippen LogP contribution in [0.25, 0.3) is 0 Å². The number of anilines is 1. The average Bonchev–Trinajstić information content (AvgIpc) is 3.30. The number of nitrogens with one attached hydrogen (secondary N) is 3. The van der Waals surface area contributed by atoms with Gasteiger partial charge in [0.05, 0.1) is 22.2 Å². The van der Waals surface area contributed by atoms with Gasteiger partial charge in [-0.15, -0.1) is 0 Å². The Morgan fingerprint density at radius 2 is 1.90 bits per heavy atom. The minimum absolute atomic E-state index is 0.0465. The third kappa shape index (κ3) is 5.52. The first-order valence-corrected chi connectivity index (χ1v) is 13.6. The summed E-state index contributed by atoms with van der Waals surface area (Å²) in [5.74, 6) is -3.63. The molecule has 2 aromatic rings. The summed E-state index contributed by atoms with van der Waals surface area (Å²) in [6.07, 6.45) is -0.0655. The SMILES string of the molecule is CC(C)(C)C[C@H]1N[C@@H](C(=O)NCC[C@@H](O)CCO)[C@H](c2cccc(Cl)c2F)[C@@]12C(=O)Nc1cc(Cl)c(F)cc12. The second-order valence-electron chi connectivity index (χ2n) is 11.5. The van der Waals surface area contributed by atoms with Crippen molar-refractivity contribution in [3.8, 4) is 0 Å². The summed E-state index contributed by atoms with van der Waals surface area (Å²) in [6, 6.07) is 5.12. The highest BCUT2D eigenvalue weighted by atomic mass is 35.5. The minimum Gasteiger partial charge on any atom is -0.396 e. The summed E-state index contributed by atoms with van der Waals surface area (Å²) in [7, 11) is 0. The molecule has 2 aliphatic rings. The zero-order chi connectivity index (χ0) is 28.7. The maximum absolute atomic E-state index is 15.7. The largest absolute Gasteiger partial charge is 0.396 e. The summed E-state index contributed by atoms with van der Waals surface area (Å²) in [6.45, 7) is 5.82. The molecule has 11 heteroatoms. The van der Waals surface area contributed by atoms with E-state index in [9.17, 15) is 19.1 Å². The van der Waals surface area contributed by atoms with Gasteiger partial charge in [-0.1, -0.05) is 56.1 Å². The summed E-state index contributed by atoms with van der Waals surface area (Å²) in [4.78, 5) is 27.7. The Kier molecular flexibility index (Phi) is 8.59. The Morgan fingerprint density at radius 3 is 2.56 bits per heavy atom. The fraction of sp³-hybridized carbons (Fsp3) is 0.500. The Bertz CT molecular complexity index is 1270. The topological polar surface area (TPSA) is 111 Å². The van der Waals surface area contributed by atoms with Crippen LogP contribution in [-0.2, 0) is 15.0 Å². The first kappa shape index (κ1) is 29.7. The lowest BCUT2D eigenvalue weighted by Crippen LogP contribution is -2.49. The van der Waals surface area contributed by atoms with Crippen molar-refractivity contribution < 1.29 is 28.6 Å². The van der Waals surface area contributed by atoms with Crippen molar-refractivity contribution in [1.82, 2.24) is 10.6 Å². The van der Waals surface area contributed by atoms with E-state index in [1.165, 1.54) is 24.3 Å². The third-order valence-corrected chi connectivity index (χ3v) is 8.12. The maximum Gasteiger partial charge on any atom is 0.237 e. The van der Waals surface area contributed by atoms with Crippen LogP contribution in [0.3, 0.4) is 0 Å². The highest BCUT2D eigenvalue weighted by Crippen LogP contribution is 2.57. The van der Waals surface area contributed by atoms with E-state index in [-0.39, 0.29) is 52.6 Å². The van der Waals surface area contributed by atoms with Gasteiger partial charge in [0.1, 0.15) is 17.0 Å². The molecule has 1 saturated heterocycles. The van der Waals surface area contributed by atoms with Crippen molar-refractivity contribution in [3.05, 3.63) is 63.1 Å². The lowest BCUT2D eigenvalue weighted by atomic mass is 9.62. The van der Waals surface area contributed by atoms with Gasteiger partial charge in [-0.2, -0.15) is 0 Å². The van der Waals surface area contributed by atoms with Crippen LogP contribution in [0.1, 0.15) is 57.1 Å². The maximum atomic E-state index is 15.7. The number of amides is 2. The van der Waals surface area contributed by atoms with Gasteiger partial charge >= 0.3 is 0 Å². The Balaban J connectivity index is 1.89. The molecule has 1 fully saturated rings. The molecule has 0 saturated carbocycles. The summed E-state index contributed by atoms with van der Waals surface area (Å²) in [5.41, 5.74) is -1.28. The molecule has 0 aliphatic carbocycles. The molecule has 39 heavy (non-hydrogen) atoms. The Hall–Kier alpha value is -2.30. The van der Waals surface area contributed by atoms with Gasteiger partial charge in [-0.05, 0) is 54.0 Å². The van der Waals surface area contributed by atoms with Gasteiger partial charge in [0, 0.05) is 30.8 Å². The van der Waals surface area contributed by atoms with Crippen LogP contribution in [0.15, 0.2) is 30.3 Å². The van der Waals surface area contributed by atoms with E-state index in [2.05, 4.69) is 16.0 Å². The predicted molar refractivity (Wildman–Crippen MR) is 146 cm³/mol. The van der Waals surface area contributed by atoms with Crippen LogP contribution in [0.4, 0.5) is 14.5 Å². The number of rotatable bonds is 8. The standard InChI is InChI=1S/C28H33Cl2F2N3O4/c1-27(2,3)13-21-28(16-11-19(31)18(30)12-20(16)34-26(28)39)22(15-5-4-6-17(29)23(15)32)24(35-21)25(38)33-9-7-14(37)8-10-36/h4-6,11-12,14,21-22,24,35-37H,7-10,13H2,1-3H3,(H,33,38)(H,34,39)/t14-,21-,22+,24-,28+/m1/s1. The van der Waals surface area contributed by atoms with Gasteiger partial charge < -0.3 is 26.2 Å². The van der Waals surface area contributed by atoms with E-state index >= 15 is 4.39 Å². The number of carbonyl (C=O) groups excluding carboxylic acids is 2. The van der Waals surface area contributed by atoms with Gasteiger partial charge in [-0.25, -0.2) is 8.78 Å². The van der Waals surface area contributed by atoms with E-state index in [4.69, 9.17) is 28.3 Å². The van der Waals surface area contributed by atoms with E-state index in [0.717, 1.165) is 0 Å². The number of benzene rings is 2. The zero-order valence-corrected chi connectivity index (χ0v) is 23.5. The normalized spacial score (nSPS) is 25.1. The monoisotopic (exact) mass is 583 g/mol. The molecule has 5 atom stereocenters. The van der Waals surface area contributed by atoms with Gasteiger partial charge in [-0.3, -0.25) is 9.59 Å². The number of hydrogen-bond donors (Lipinski definition) is 5. The molecule has 0 aromatic heterocycles. The molecule has 1 spiro atoms. The first-order valence-electron chi connectivity index (χ1n) is 12.9. The van der Waals surface area contributed by atoms with Crippen molar-refractivity contribution in [2.75, 3.05) is 18.5 Å². The van der Waals surface area contributed by atoms with E-state index in [1.807, 2.05) is 20.8 Å². The second-order valence-corrected chi connectivity index (χ2v) is 12.3. The molecule has 2 aromatic carbocycles. The number of fused-ring (bicyclic) bond motifs is 2. The highest BCUT2D eigenvalue weighted by molar-refractivity contribution is 6.31. The number of hydrogen-bond acceptors (Lipinski definition) is 5. The fourth-order valence-corrected chi connectivity index (χ4v) is 6.27. The van der Waals surface area contributed by atoms with Crippen molar-refractivity contribution in [3.63, 3.8) is 0 Å². The van der Waals surface area contributed by atoms with Gasteiger partial charge in [0.15, 0.2) is 0 Å². The lowest BCUT2D eigenvalue weighted by Gasteiger charge is -2.37. The molecule has 5 N–H and O–H groups in total. The number of halogens is 4. The Morgan fingerprint density at radius 1 is 1.18 bits per heavy atom. The summed E-state index contributed by atoms with van der Waals surface area (Å²) < 4.78 is 30.6. The molecular formula is C28H33Cl2F2N3O4. The fourth-order valence-electron chi connectivity index (χ4n) is 5.93. The van der Waals surface area contributed by atoms with Gasteiger partial charge in [0.25, 0.3) is 0 Å². The van der Waals surface area contributed by atoms with Crippen LogP contribution >= 0.6 is 23.2 Å². The van der Waals surface area contributed by atoms with Crippen molar-refractivity contribution in [1.29, 1.82) is 0 Å². The molecular weight excluding hydrogens is 551 g/mol. The quantitative estimate of drug-likeness (QED) is 0.319. The first-order chi connectivity index (χ1) is 18.3. The van der Waals surface area contributed by atoms with Crippen LogP contribution in [-0.4, -0.2) is 53.4 Å². The molecule has 2 amide bonds. The van der Waals surface area contributed by atoms with E-state index in [0.29, 0.717) is 12.1 Å². The van der Waals surface area contributed by atoms with E-state index < -0.39 is 53.0 Å². The molecule has 4 rings (SSSR count). The molecule has 0 unspecified atom stereocenters. The van der Waals surface area contributed by atoms with Gasteiger partial charge in [0.2, 0.25) is 11.8 Å². The molecule has 7 nitrogen and oxygen atoms in total.